The van der Waals surface area contributed by atoms with Crippen LogP contribution in [0.4, 0.5) is 5.69 Å². The van der Waals surface area contributed by atoms with Crippen molar-refractivity contribution in [3.63, 3.8) is 0 Å². The minimum atomic E-state index is -0.556. The van der Waals surface area contributed by atoms with E-state index in [-0.39, 0.29) is 0 Å². The second-order valence-corrected chi connectivity index (χ2v) is 11.4. The molecule has 2 saturated carbocycles. The van der Waals surface area contributed by atoms with E-state index in [1.807, 2.05) is 36.5 Å². The summed E-state index contributed by atoms with van der Waals surface area (Å²) in [5.41, 5.74) is 4.37. The van der Waals surface area contributed by atoms with E-state index in [0.29, 0.717) is 11.7 Å². The van der Waals surface area contributed by atoms with E-state index < -0.39 is 17.0 Å². The van der Waals surface area contributed by atoms with Crippen molar-refractivity contribution >= 4 is 30.5 Å². The third kappa shape index (κ3) is 7.93. The molecule has 2 nitrogen and oxygen atoms in total. The quantitative estimate of drug-likeness (QED) is 0.327. The zero-order valence-electron chi connectivity index (χ0n) is 18.2. The van der Waals surface area contributed by atoms with Crippen molar-refractivity contribution in [2.24, 2.45) is 10.9 Å². The Morgan fingerprint density at radius 1 is 0.903 bits per heavy atom. The van der Waals surface area contributed by atoms with Gasteiger partial charge in [-0.1, -0.05) is 75.6 Å². The Kier molecular flexibility index (Phi) is 11.0. The van der Waals surface area contributed by atoms with Gasteiger partial charge < -0.3 is 5.11 Å². The molecule has 0 saturated heterocycles. The van der Waals surface area contributed by atoms with Crippen LogP contribution in [0.15, 0.2) is 47.5 Å². The molecule has 0 radical (unpaired) electrons. The van der Waals surface area contributed by atoms with Gasteiger partial charge in [0.15, 0.2) is 0 Å². The van der Waals surface area contributed by atoms with Gasteiger partial charge in [0, 0.05) is 11.8 Å². The van der Waals surface area contributed by atoms with Gasteiger partial charge >= 0.3 is 35.6 Å². The summed E-state index contributed by atoms with van der Waals surface area (Å²) in [6.45, 7) is 0. The van der Waals surface area contributed by atoms with Crippen molar-refractivity contribution in [1.82, 2.24) is 0 Å². The molecule has 0 bridgehead atoms. The third-order valence-electron chi connectivity index (χ3n) is 6.66. The summed E-state index contributed by atoms with van der Waals surface area (Å²) < 4.78 is 0. The number of halogens is 2. The maximum absolute atomic E-state index is 11.0. The number of benzene rings is 2. The van der Waals surface area contributed by atoms with Gasteiger partial charge in [-0.05, 0) is 60.4 Å². The number of aliphatic imine (C=N–C) groups is 1. The number of hydrogen-bond donors (Lipinski definition) is 1. The van der Waals surface area contributed by atoms with E-state index in [9.17, 15) is 5.11 Å². The van der Waals surface area contributed by atoms with E-state index in [2.05, 4.69) is 17.1 Å². The molecule has 166 valence electrons. The summed E-state index contributed by atoms with van der Waals surface area (Å²) in [4.78, 5) is 4.63. The predicted octanol–water partition coefficient (Wildman–Crippen LogP) is 8.69. The van der Waals surface area contributed by atoms with Gasteiger partial charge in [-0.25, -0.2) is 0 Å². The molecule has 2 aliphatic rings. The molecule has 0 unspecified atom stereocenters. The van der Waals surface area contributed by atoms with Gasteiger partial charge in [0.05, 0.1) is 5.69 Å². The first-order valence-corrected chi connectivity index (χ1v) is 15.9. The number of hydrogen-bond acceptors (Lipinski definition) is 2. The fourth-order valence-corrected chi connectivity index (χ4v) is 5.03. The van der Waals surface area contributed by atoms with E-state index in [0.717, 1.165) is 29.2 Å². The van der Waals surface area contributed by atoms with Crippen molar-refractivity contribution in [3.8, 4) is 5.75 Å². The first kappa shape index (κ1) is 24.8. The van der Waals surface area contributed by atoms with E-state index in [4.69, 9.17) is 18.6 Å². The average molecular weight is 494 g/mol. The monoisotopic (exact) mass is 493 g/mol. The molecule has 2 fully saturated rings. The number of para-hydroxylation sites is 1. The standard InChI is InChI=1S/C26H33NO.2ClH.Ti/c28-26-23(16-20-10-4-1-5-11-20)17-22(21-12-6-2-7-13-21)18-24(26)19-27-25-14-8-3-9-15-25;;;/h3,8-9,14-15,17-21,28H,1-2,4-7,10-13,16H2;2*1H;/q;;;+2/p-2. The summed E-state index contributed by atoms with van der Waals surface area (Å²) in [5, 5.41) is 11.0. The van der Waals surface area contributed by atoms with Crippen LogP contribution in [0.1, 0.15) is 86.8 Å². The zero-order valence-corrected chi connectivity index (χ0v) is 21.3. The number of nitrogens with zero attached hydrogens (tertiary/aromatic N) is 1. The fourth-order valence-electron chi connectivity index (χ4n) is 5.03. The van der Waals surface area contributed by atoms with Crippen molar-refractivity contribution in [1.29, 1.82) is 0 Å². The van der Waals surface area contributed by atoms with Gasteiger partial charge in [0.2, 0.25) is 0 Å². The van der Waals surface area contributed by atoms with Crippen molar-refractivity contribution in [2.75, 3.05) is 0 Å². The Bertz CT molecular complexity index is 816. The zero-order chi connectivity index (χ0) is 21.9. The molecule has 5 heteroatoms. The Labute approximate surface area is 204 Å². The predicted molar refractivity (Wildman–Crippen MR) is 130 cm³/mol. The molecule has 2 aromatic carbocycles. The van der Waals surface area contributed by atoms with Crippen LogP contribution in [0.2, 0.25) is 0 Å². The van der Waals surface area contributed by atoms with Gasteiger partial charge in [-0.3, -0.25) is 4.99 Å². The summed E-state index contributed by atoms with van der Waals surface area (Å²) in [5.74, 6) is 1.81. The van der Waals surface area contributed by atoms with Gasteiger partial charge in [0.1, 0.15) is 5.75 Å². The Balaban J connectivity index is 0.000000858. The minimum absolute atomic E-state index is 0.449. The molecule has 4 rings (SSSR count). The first-order chi connectivity index (χ1) is 15.2. The normalized spacial score (nSPS) is 17.9. The number of aromatic hydroxyl groups is 1. The Hall–Kier alpha value is -0.796. The average Bonchev–Trinajstić information content (AvgIpc) is 2.82. The SMILES string of the molecule is Oc1c(C=Nc2ccccc2)cc(C2CCCCC2)cc1CC1CCCCC1.[Cl][Ti][Cl]. The number of phenolic OH excluding ortho intramolecular Hbond substituents is 1. The van der Waals surface area contributed by atoms with Gasteiger partial charge in [-0.2, -0.15) is 0 Å². The first-order valence-electron chi connectivity index (χ1n) is 11.6. The van der Waals surface area contributed by atoms with Crippen LogP contribution in [-0.4, -0.2) is 11.3 Å². The molecule has 0 heterocycles. The molecule has 2 aromatic rings. The molecule has 0 aromatic heterocycles. The molecule has 0 spiro atoms. The topological polar surface area (TPSA) is 32.6 Å². The van der Waals surface area contributed by atoms with Crippen molar-refractivity contribution in [2.45, 2.75) is 76.5 Å². The molecule has 0 atom stereocenters. The van der Waals surface area contributed by atoms with Crippen molar-refractivity contribution < 1.29 is 22.1 Å². The summed E-state index contributed by atoms with van der Waals surface area (Å²) in [6.07, 6.45) is 16.1. The van der Waals surface area contributed by atoms with Gasteiger partial charge in [-0.15, -0.1) is 0 Å². The second kappa shape index (κ2) is 13.7. The molecule has 0 amide bonds. The van der Waals surface area contributed by atoms with Crippen LogP contribution < -0.4 is 0 Å². The third-order valence-corrected chi connectivity index (χ3v) is 6.66. The van der Waals surface area contributed by atoms with Crippen LogP contribution in [0, 0.1) is 5.92 Å². The molecular weight excluding hydrogens is 461 g/mol. The summed E-state index contributed by atoms with van der Waals surface area (Å²) >= 11 is -0.556. The maximum atomic E-state index is 11.0. The van der Waals surface area contributed by atoms with Crippen LogP contribution in [0.3, 0.4) is 0 Å². The van der Waals surface area contributed by atoms with Gasteiger partial charge in [0.25, 0.3) is 0 Å². The van der Waals surface area contributed by atoms with Crippen molar-refractivity contribution in [3.05, 3.63) is 59.2 Å². The number of rotatable bonds is 5. The number of phenols is 1. The molecular formula is C26H33Cl2NOTi. The molecule has 31 heavy (non-hydrogen) atoms. The summed E-state index contributed by atoms with van der Waals surface area (Å²) in [7, 11) is 9.78. The summed E-state index contributed by atoms with van der Waals surface area (Å²) in [6, 6.07) is 14.5. The van der Waals surface area contributed by atoms with E-state index in [1.54, 1.807) is 0 Å². The second-order valence-electron chi connectivity index (χ2n) is 8.83. The van der Waals surface area contributed by atoms with Crippen LogP contribution in [0.5, 0.6) is 5.75 Å². The van der Waals surface area contributed by atoms with Crippen LogP contribution in [-0.2, 0) is 23.5 Å². The van der Waals surface area contributed by atoms with E-state index >= 15 is 0 Å². The molecule has 1 N–H and O–H groups in total. The molecule has 0 aliphatic heterocycles. The van der Waals surface area contributed by atoms with E-state index in [1.165, 1.54) is 69.8 Å². The van der Waals surface area contributed by atoms with Crippen LogP contribution >= 0.6 is 18.6 Å². The Morgan fingerprint density at radius 3 is 2.16 bits per heavy atom. The molecule has 2 aliphatic carbocycles. The van der Waals surface area contributed by atoms with Crippen LogP contribution in [0.25, 0.3) is 0 Å². The fraction of sp³-hybridized carbons (Fsp3) is 0.500. The Morgan fingerprint density at radius 2 is 1.52 bits per heavy atom.